The molecule has 7 heteroatoms. The van der Waals surface area contributed by atoms with Crippen LogP contribution in [0.15, 0.2) is 54.6 Å². The summed E-state index contributed by atoms with van der Waals surface area (Å²) >= 11 is 0. The number of aromatic nitrogens is 2. The summed E-state index contributed by atoms with van der Waals surface area (Å²) in [7, 11) is 0. The van der Waals surface area contributed by atoms with Crippen molar-refractivity contribution in [2.75, 3.05) is 11.9 Å². The second kappa shape index (κ2) is 8.47. The Labute approximate surface area is 162 Å². The second-order valence-corrected chi connectivity index (χ2v) is 6.68. The number of carbonyl (C=O) groups excluding carboxylic acids is 1. The molecule has 3 aromatic rings. The number of carbonyl (C=O) groups is 1. The molecular formula is C21H21FN4O2. The van der Waals surface area contributed by atoms with Crippen LogP contribution < -0.4 is 15.8 Å². The fourth-order valence-corrected chi connectivity index (χ4v) is 2.41. The predicted molar refractivity (Wildman–Crippen MR) is 106 cm³/mol. The second-order valence-electron chi connectivity index (χ2n) is 6.68. The Morgan fingerprint density at radius 1 is 1.07 bits per heavy atom. The number of ether oxygens (including phenoxy) is 1. The molecule has 0 atom stereocenters. The van der Waals surface area contributed by atoms with Gasteiger partial charge in [0.1, 0.15) is 28.8 Å². The summed E-state index contributed by atoms with van der Waals surface area (Å²) in [6, 6.07) is 14.4. The SMILES string of the molecule is CC(C)CNc1cc(C(N)=O)nc(-c2ccc(Oc3ccc(F)cc3)cc2)n1. The molecule has 0 aliphatic rings. The average molecular weight is 380 g/mol. The molecule has 0 aliphatic carbocycles. The molecule has 144 valence electrons. The number of nitrogens with one attached hydrogen (secondary N) is 1. The van der Waals surface area contributed by atoms with Crippen molar-refractivity contribution in [2.45, 2.75) is 13.8 Å². The number of hydrogen-bond acceptors (Lipinski definition) is 5. The lowest BCUT2D eigenvalue weighted by Gasteiger charge is -2.11. The van der Waals surface area contributed by atoms with E-state index >= 15 is 0 Å². The minimum Gasteiger partial charge on any atom is -0.457 e. The van der Waals surface area contributed by atoms with E-state index in [1.165, 1.54) is 12.1 Å². The van der Waals surface area contributed by atoms with Crippen LogP contribution in [0.2, 0.25) is 0 Å². The first kappa shape index (κ1) is 19.3. The summed E-state index contributed by atoms with van der Waals surface area (Å²) in [6.45, 7) is 4.85. The monoisotopic (exact) mass is 380 g/mol. The van der Waals surface area contributed by atoms with Crippen molar-refractivity contribution in [3.8, 4) is 22.9 Å². The lowest BCUT2D eigenvalue weighted by Crippen LogP contribution is -2.16. The highest BCUT2D eigenvalue weighted by Gasteiger charge is 2.11. The van der Waals surface area contributed by atoms with Crippen molar-refractivity contribution in [2.24, 2.45) is 11.7 Å². The average Bonchev–Trinajstić information content (AvgIpc) is 2.68. The van der Waals surface area contributed by atoms with Crippen molar-refractivity contribution in [1.82, 2.24) is 9.97 Å². The van der Waals surface area contributed by atoms with Gasteiger partial charge in [0, 0.05) is 18.2 Å². The number of hydrogen-bond donors (Lipinski definition) is 2. The molecule has 2 aromatic carbocycles. The van der Waals surface area contributed by atoms with Gasteiger partial charge in [-0.05, 0) is 54.4 Å². The zero-order chi connectivity index (χ0) is 20.1. The molecule has 3 N–H and O–H groups in total. The van der Waals surface area contributed by atoms with Gasteiger partial charge < -0.3 is 15.8 Å². The fraction of sp³-hybridized carbons (Fsp3) is 0.190. The van der Waals surface area contributed by atoms with Crippen LogP contribution in [0.3, 0.4) is 0 Å². The van der Waals surface area contributed by atoms with E-state index in [0.29, 0.717) is 41.2 Å². The van der Waals surface area contributed by atoms with Crippen LogP contribution in [0.4, 0.5) is 10.2 Å². The fourth-order valence-electron chi connectivity index (χ4n) is 2.41. The first-order valence-corrected chi connectivity index (χ1v) is 8.87. The molecule has 6 nitrogen and oxygen atoms in total. The maximum atomic E-state index is 13.0. The lowest BCUT2D eigenvalue weighted by molar-refractivity contribution is 0.0995. The van der Waals surface area contributed by atoms with Gasteiger partial charge in [0.2, 0.25) is 0 Å². The highest BCUT2D eigenvalue weighted by molar-refractivity contribution is 5.92. The zero-order valence-electron chi connectivity index (χ0n) is 15.6. The van der Waals surface area contributed by atoms with Gasteiger partial charge in [0.15, 0.2) is 5.82 Å². The molecule has 1 heterocycles. The van der Waals surface area contributed by atoms with Crippen LogP contribution in [0.25, 0.3) is 11.4 Å². The third-order valence-corrected chi connectivity index (χ3v) is 3.83. The smallest absolute Gasteiger partial charge is 0.267 e. The van der Waals surface area contributed by atoms with Gasteiger partial charge in [-0.1, -0.05) is 13.8 Å². The first-order valence-electron chi connectivity index (χ1n) is 8.87. The van der Waals surface area contributed by atoms with E-state index in [2.05, 4.69) is 29.1 Å². The largest absolute Gasteiger partial charge is 0.457 e. The maximum absolute atomic E-state index is 13.0. The number of halogens is 1. The maximum Gasteiger partial charge on any atom is 0.267 e. The van der Waals surface area contributed by atoms with Gasteiger partial charge in [0.25, 0.3) is 5.91 Å². The lowest BCUT2D eigenvalue weighted by atomic mass is 10.2. The summed E-state index contributed by atoms with van der Waals surface area (Å²) in [5, 5.41) is 3.18. The topological polar surface area (TPSA) is 90.1 Å². The Balaban J connectivity index is 1.83. The summed E-state index contributed by atoms with van der Waals surface area (Å²) < 4.78 is 18.7. The minimum absolute atomic E-state index is 0.142. The molecule has 1 aromatic heterocycles. The Kier molecular flexibility index (Phi) is 5.84. The Hall–Kier alpha value is -3.48. The van der Waals surface area contributed by atoms with E-state index in [1.807, 2.05) is 0 Å². The van der Waals surface area contributed by atoms with Crippen LogP contribution in [0, 0.1) is 11.7 Å². The number of nitrogens with two attached hydrogens (primary N) is 1. The highest BCUT2D eigenvalue weighted by atomic mass is 19.1. The summed E-state index contributed by atoms with van der Waals surface area (Å²) in [4.78, 5) is 20.3. The van der Waals surface area contributed by atoms with E-state index < -0.39 is 5.91 Å². The Morgan fingerprint density at radius 3 is 2.25 bits per heavy atom. The summed E-state index contributed by atoms with van der Waals surface area (Å²) in [6.07, 6.45) is 0. The van der Waals surface area contributed by atoms with Gasteiger partial charge in [-0.15, -0.1) is 0 Å². The molecule has 3 rings (SSSR count). The van der Waals surface area contributed by atoms with E-state index in [-0.39, 0.29) is 11.5 Å². The molecule has 0 fully saturated rings. The summed E-state index contributed by atoms with van der Waals surface area (Å²) in [5.41, 5.74) is 6.25. The first-order chi connectivity index (χ1) is 13.4. The number of amides is 1. The standard InChI is InChI=1S/C21H21FN4O2/c1-13(2)12-24-19-11-18(20(23)27)25-21(26-19)14-3-7-16(8-4-14)28-17-9-5-15(22)6-10-17/h3-11,13H,12H2,1-2H3,(H2,23,27)(H,24,25,26). The minimum atomic E-state index is -0.618. The van der Waals surface area contributed by atoms with Gasteiger partial charge in [-0.25, -0.2) is 14.4 Å². The van der Waals surface area contributed by atoms with Gasteiger partial charge in [-0.3, -0.25) is 4.79 Å². The molecule has 1 amide bonds. The number of nitrogens with zero attached hydrogens (tertiary/aromatic N) is 2. The molecule has 0 aliphatic heterocycles. The molecule has 0 spiro atoms. The third-order valence-electron chi connectivity index (χ3n) is 3.83. The highest BCUT2D eigenvalue weighted by Crippen LogP contribution is 2.25. The summed E-state index contributed by atoms with van der Waals surface area (Å²) in [5.74, 6) is 1.51. The molecule has 0 saturated carbocycles. The van der Waals surface area contributed by atoms with Crippen LogP contribution in [0.1, 0.15) is 24.3 Å². The molecule has 28 heavy (non-hydrogen) atoms. The molecular weight excluding hydrogens is 359 g/mol. The zero-order valence-corrected chi connectivity index (χ0v) is 15.6. The quantitative estimate of drug-likeness (QED) is 0.640. The van der Waals surface area contributed by atoms with Crippen LogP contribution in [-0.4, -0.2) is 22.4 Å². The van der Waals surface area contributed by atoms with Gasteiger partial charge in [-0.2, -0.15) is 0 Å². The van der Waals surface area contributed by atoms with E-state index in [0.717, 1.165) is 0 Å². The number of primary amides is 1. The van der Waals surface area contributed by atoms with Crippen LogP contribution in [-0.2, 0) is 0 Å². The molecule has 0 bridgehead atoms. The molecule has 0 saturated heterocycles. The normalized spacial score (nSPS) is 10.7. The van der Waals surface area contributed by atoms with Crippen molar-refractivity contribution >= 4 is 11.7 Å². The van der Waals surface area contributed by atoms with E-state index in [4.69, 9.17) is 10.5 Å². The van der Waals surface area contributed by atoms with Crippen molar-refractivity contribution in [3.05, 3.63) is 66.1 Å². The van der Waals surface area contributed by atoms with E-state index in [9.17, 15) is 9.18 Å². The number of anilines is 1. The Morgan fingerprint density at radius 2 is 1.68 bits per heavy atom. The molecule has 0 radical (unpaired) electrons. The van der Waals surface area contributed by atoms with E-state index in [1.54, 1.807) is 42.5 Å². The van der Waals surface area contributed by atoms with Gasteiger partial charge >= 0.3 is 0 Å². The van der Waals surface area contributed by atoms with Crippen molar-refractivity contribution in [3.63, 3.8) is 0 Å². The Bertz CT molecular complexity index is 957. The third kappa shape index (κ3) is 5.03. The molecule has 0 unspecified atom stereocenters. The van der Waals surface area contributed by atoms with Crippen molar-refractivity contribution < 1.29 is 13.9 Å². The van der Waals surface area contributed by atoms with Crippen LogP contribution in [0.5, 0.6) is 11.5 Å². The number of benzene rings is 2. The van der Waals surface area contributed by atoms with Crippen molar-refractivity contribution in [1.29, 1.82) is 0 Å². The number of rotatable bonds is 7. The predicted octanol–water partition coefficient (Wildman–Crippen LogP) is 4.24. The van der Waals surface area contributed by atoms with Crippen LogP contribution >= 0.6 is 0 Å². The van der Waals surface area contributed by atoms with Gasteiger partial charge in [0.05, 0.1) is 0 Å².